The van der Waals surface area contributed by atoms with Gasteiger partial charge < -0.3 is 19.9 Å². The third-order valence-corrected chi connectivity index (χ3v) is 4.58. The number of aryl methyl sites for hydroxylation is 1. The van der Waals surface area contributed by atoms with E-state index in [1.54, 1.807) is 19.1 Å². The predicted octanol–water partition coefficient (Wildman–Crippen LogP) is 3.07. The van der Waals surface area contributed by atoms with E-state index >= 15 is 0 Å². The fourth-order valence-electron chi connectivity index (χ4n) is 2.93. The minimum Gasteiger partial charge on any atom is -0.508 e. The van der Waals surface area contributed by atoms with Crippen LogP contribution in [0, 0.1) is 6.92 Å². The number of nitrogens with one attached hydrogen (secondary N) is 1. The topological polar surface area (TPSA) is 99.8 Å². The summed E-state index contributed by atoms with van der Waals surface area (Å²) >= 11 is 5.84. The molecule has 0 atom stereocenters. The number of phenols is 2. The Balaban J connectivity index is 1.73. The van der Waals surface area contributed by atoms with Crippen LogP contribution in [0.5, 0.6) is 11.5 Å². The lowest BCUT2D eigenvalue weighted by Crippen LogP contribution is -2.29. The Kier molecular flexibility index (Phi) is 5.37. The molecule has 0 aliphatic rings. The highest BCUT2D eigenvalue weighted by atomic mass is 35.5. The van der Waals surface area contributed by atoms with Gasteiger partial charge in [0.05, 0.1) is 17.4 Å². The second-order valence-corrected chi connectivity index (χ2v) is 6.67. The summed E-state index contributed by atoms with van der Waals surface area (Å²) in [5, 5.41) is 23.3. The molecule has 0 spiro atoms. The summed E-state index contributed by atoms with van der Waals surface area (Å²) in [6.45, 7) is 2.05. The quantitative estimate of drug-likeness (QED) is 0.584. The average molecular weight is 388 g/mol. The van der Waals surface area contributed by atoms with Crippen LogP contribution in [0.4, 0.5) is 0 Å². The van der Waals surface area contributed by atoms with Gasteiger partial charge in [-0.1, -0.05) is 23.7 Å². The van der Waals surface area contributed by atoms with Gasteiger partial charge in [0.25, 0.3) is 0 Å². The molecule has 0 unspecified atom stereocenters. The van der Waals surface area contributed by atoms with Crippen molar-refractivity contribution in [2.24, 2.45) is 0 Å². The number of fused-ring (bicyclic) bond motifs is 1. The number of hydrogen-bond acceptors (Lipinski definition) is 5. The largest absolute Gasteiger partial charge is 0.508 e. The van der Waals surface area contributed by atoms with Crippen LogP contribution in [0.25, 0.3) is 11.0 Å². The average Bonchev–Trinajstić information content (AvgIpc) is 2.59. The van der Waals surface area contributed by atoms with Crippen LogP contribution in [0.1, 0.15) is 16.7 Å². The number of carbonyl (C=O) groups is 1. The Hall–Kier alpha value is -2.99. The van der Waals surface area contributed by atoms with Crippen molar-refractivity contribution in [3.8, 4) is 11.5 Å². The van der Waals surface area contributed by atoms with Crippen molar-refractivity contribution in [1.29, 1.82) is 0 Å². The lowest BCUT2D eigenvalue weighted by molar-refractivity contribution is -0.120. The minimum absolute atomic E-state index is 0.0712. The second kappa shape index (κ2) is 7.72. The molecular formula is C20H18ClNO5. The van der Waals surface area contributed by atoms with E-state index in [2.05, 4.69) is 5.32 Å². The van der Waals surface area contributed by atoms with Crippen LogP contribution in [-0.2, 0) is 17.6 Å². The van der Waals surface area contributed by atoms with E-state index in [1.807, 2.05) is 12.1 Å². The fourth-order valence-corrected chi connectivity index (χ4v) is 3.06. The summed E-state index contributed by atoms with van der Waals surface area (Å²) in [5.74, 6) is -0.747. The van der Waals surface area contributed by atoms with Gasteiger partial charge in [0.1, 0.15) is 17.1 Å². The summed E-state index contributed by atoms with van der Waals surface area (Å²) in [5.41, 5.74) is 1.06. The highest BCUT2D eigenvalue weighted by Crippen LogP contribution is 2.32. The normalized spacial score (nSPS) is 10.9. The van der Waals surface area contributed by atoms with Crippen LogP contribution >= 0.6 is 11.6 Å². The molecule has 6 nitrogen and oxygen atoms in total. The Morgan fingerprint density at radius 2 is 1.89 bits per heavy atom. The van der Waals surface area contributed by atoms with Crippen LogP contribution < -0.4 is 10.9 Å². The van der Waals surface area contributed by atoms with Crippen molar-refractivity contribution in [2.45, 2.75) is 19.8 Å². The number of benzene rings is 2. The van der Waals surface area contributed by atoms with Gasteiger partial charge in [-0.25, -0.2) is 4.79 Å². The first-order chi connectivity index (χ1) is 12.8. The van der Waals surface area contributed by atoms with Crippen molar-refractivity contribution in [3.05, 3.63) is 68.5 Å². The summed E-state index contributed by atoms with van der Waals surface area (Å²) in [6.07, 6.45) is 0.472. The molecule has 27 heavy (non-hydrogen) atoms. The third kappa shape index (κ3) is 4.23. The molecule has 0 saturated heterocycles. The number of aromatic hydroxyl groups is 2. The van der Waals surface area contributed by atoms with Gasteiger partial charge in [0.2, 0.25) is 5.91 Å². The zero-order chi connectivity index (χ0) is 19.6. The molecule has 2 aromatic carbocycles. The molecule has 0 fully saturated rings. The molecule has 140 valence electrons. The van der Waals surface area contributed by atoms with Crippen molar-refractivity contribution in [2.75, 3.05) is 6.54 Å². The van der Waals surface area contributed by atoms with Crippen LogP contribution in [0.15, 0.2) is 45.6 Å². The number of phenolic OH excluding ortho intramolecular Hbond substituents is 2. The molecule has 0 aliphatic heterocycles. The number of rotatable bonds is 5. The maximum absolute atomic E-state index is 12.2. The molecule has 0 bridgehead atoms. The zero-order valence-corrected chi connectivity index (χ0v) is 15.3. The summed E-state index contributed by atoms with van der Waals surface area (Å²) in [7, 11) is 0. The second-order valence-electron chi connectivity index (χ2n) is 6.23. The zero-order valence-electron chi connectivity index (χ0n) is 14.6. The molecule has 1 aromatic heterocycles. The van der Waals surface area contributed by atoms with E-state index in [4.69, 9.17) is 16.0 Å². The summed E-state index contributed by atoms with van der Waals surface area (Å²) in [6, 6.07) is 9.74. The van der Waals surface area contributed by atoms with E-state index in [9.17, 15) is 19.8 Å². The molecule has 7 heteroatoms. The number of hydrogen-bond donors (Lipinski definition) is 3. The Labute approximate surface area is 160 Å². The van der Waals surface area contributed by atoms with Crippen molar-refractivity contribution >= 4 is 28.5 Å². The van der Waals surface area contributed by atoms with Crippen LogP contribution in [0.2, 0.25) is 5.02 Å². The molecule has 0 saturated carbocycles. The summed E-state index contributed by atoms with van der Waals surface area (Å²) in [4.78, 5) is 24.4. The van der Waals surface area contributed by atoms with E-state index < -0.39 is 5.63 Å². The minimum atomic E-state index is -0.669. The van der Waals surface area contributed by atoms with E-state index in [0.717, 1.165) is 11.6 Å². The lowest BCUT2D eigenvalue weighted by atomic mass is 10.0. The standard InChI is InChI=1S/C20H18ClNO5/c1-11-15(20(26)27-17-9-14(23)8-16(24)19(11)17)10-18(25)22-7-6-12-2-4-13(21)5-3-12/h2-5,8-9,23-24H,6-7,10H2,1H3,(H,22,25). The van der Waals surface area contributed by atoms with Gasteiger partial charge >= 0.3 is 5.63 Å². The van der Waals surface area contributed by atoms with Gasteiger partial charge in [-0.3, -0.25) is 4.79 Å². The lowest BCUT2D eigenvalue weighted by Gasteiger charge is -2.10. The van der Waals surface area contributed by atoms with Crippen LogP contribution in [-0.4, -0.2) is 22.7 Å². The van der Waals surface area contributed by atoms with Crippen LogP contribution in [0.3, 0.4) is 0 Å². The molecule has 1 heterocycles. The number of carbonyl (C=O) groups excluding carboxylic acids is 1. The SMILES string of the molecule is Cc1c(CC(=O)NCCc2ccc(Cl)cc2)c(=O)oc2cc(O)cc(O)c12. The third-order valence-electron chi connectivity index (χ3n) is 4.33. The van der Waals surface area contributed by atoms with Gasteiger partial charge in [-0.2, -0.15) is 0 Å². The van der Waals surface area contributed by atoms with E-state index in [1.165, 1.54) is 6.07 Å². The first-order valence-corrected chi connectivity index (χ1v) is 8.72. The molecule has 3 rings (SSSR count). The first-order valence-electron chi connectivity index (χ1n) is 8.34. The molecule has 1 amide bonds. The highest BCUT2D eigenvalue weighted by Gasteiger charge is 2.17. The van der Waals surface area contributed by atoms with Gasteiger partial charge in [-0.05, 0) is 36.6 Å². The first kappa shape index (κ1) is 18.8. The van der Waals surface area contributed by atoms with Crippen molar-refractivity contribution < 1.29 is 19.4 Å². The van der Waals surface area contributed by atoms with Crippen molar-refractivity contribution in [3.63, 3.8) is 0 Å². The van der Waals surface area contributed by atoms with Gasteiger partial charge in [0.15, 0.2) is 0 Å². The fraction of sp³-hybridized carbons (Fsp3) is 0.200. The number of amides is 1. The van der Waals surface area contributed by atoms with Gasteiger partial charge in [0, 0.05) is 23.7 Å². The maximum Gasteiger partial charge on any atom is 0.340 e. The Bertz CT molecular complexity index is 1060. The monoisotopic (exact) mass is 387 g/mol. The van der Waals surface area contributed by atoms with E-state index in [-0.39, 0.29) is 35.0 Å². The molecule has 3 aromatic rings. The molecule has 3 N–H and O–H groups in total. The van der Waals surface area contributed by atoms with E-state index in [0.29, 0.717) is 28.9 Å². The molecule has 0 aliphatic carbocycles. The summed E-state index contributed by atoms with van der Waals surface area (Å²) < 4.78 is 5.15. The van der Waals surface area contributed by atoms with Crippen molar-refractivity contribution in [1.82, 2.24) is 5.32 Å². The molecular weight excluding hydrogens is 370 g/mol. The smallest absolute Gasteiger partial charge is 0.340 e. The molecule has 0 radical (unpaired) electrons. The number of halogens is 1. The Morgan fingerprint density at radius 1 is 1.19 bits per heavy atom. The Morgan fingerprint density at radius 3 is 2.59 bits per heavy atom. The predicted molar refractivity (Wildman–Crippen MR) is 102 cm³/mol. The highest BCUT2D eigenvalue weighted by molar-refractivity contribution is 6.30. The van der Waals surface area contributed by atoms with Gasteiger partial charge in [-0.15, -0.1) is 0 Å². The maximum atomic E-state index is 12.2.